The minimum absolute atomic E-state index is 0.0669. The van der Waals surface area contributed by atoms with Crippen molar-refractivity contribution < 1.29 is 19.5 Å². The Kier molecular flexibility index (Phi) is 8.85. The predicted octanol–water partition coefficient (Wildman–Crippen LogP) is 2.60. The number of hydrogen-bond acceptors (Lipinski definition) is 7. The van der Waals surface area contributed by atoms with Crippen LogP contribution in [-0.2, 0) is 29.1 Å². The molecule has 0 aliphatic carbocycles. The van der Waals surface area contributed by atoms with Crippen LogP contribution in [0, 0.1) is 0 Å². The number of carboxylic acids is 1. The number of nitrogen functional groups attached to an aromatic ring is 1. The molecule has 0 spiro atoms. The Hall–Kier alpha value is -4.05. The highest BCUT2D eigenvalue weighted by Crippen LogP contribution is 2.27. The van der Waals surface area contributed by atoms with Gasteiger partial charge in [-0.15, -0.1) is 0 Å². The largest absolute Gasteiger partial charge is 0.481 e. The molecule has 10 nitrogen and oxygen atoms in total. The molecule has 2 aliphatic heterocycles. The van der Waals surface area contributed by atoms with Gasteiger partial charge in [0.25, 0.3) is 5.91 Å². The first kappa shape index (κ1) is 27.0. The van der Waals surface area contributed by atoms with E-state index in [0.717, 1.165) is 42.6 Å². The molecule has 5 rings (SSSR count). The average Bonchev–Trinajstić information content (AvgIpc) is 3.36. The zero-order valence-electron chi connectivity index (χ0n) is 21.7. The Morgan fingerprint density at radius 3 is 2.29 bits per heavy atom. The number of benzene rings is 2. The number of carbonyl (C=O) groups excluding carboxylic acids is 2. The smallest absolute Gasteiger partial charge is 0.303 e. The van der Waals surface area contributed by atoms with Gasteiger partial charge in [0.05, 0.1) is 11.9 Å². The summed E-state index contributed by atoms with van der Waals surface area (Å²) in [5.41, 5.74) is 9.91. The van der Waals surface area contributed by atoms with Gasteiger partial charge < -0.3 is 26.0 Å². The normalized spacial score (nSPS) is 14.6. The lowest BCUT2D eigenvalue weighted by molar-refractivity contribution is -0.137. The van der Waals surface area contributed by atoms with Crippen molar-refractivity contribution in [2.24, 2.45) is 0 Å². The molecular formula is C28H34N6O4. The Morgan fingerprint density at radius 2 is 1.68 bits per heavy atom. The minimum Gasteiger partial charge on any atom is -0.481 e. The molecule has 3 heterocycles. The summed E-state index contributed by atoms with van der Waals surface area (Å²) in [6.45, 7) is 6.11. The molecule has 4 N–H and O–H groups in total. The Morgan fingerprint density at radius 1 is 1.00 bits per heavy atom. The van der Waals surface area contributed by atoms with Crippen LogP contribution in [0.1, 0.15) is 53.4 Å². The van der Waals surface area contributed by atoms with Gasteiger partial charge >= 0.3 is 5.97 Å². The number of amides is 2. The molecule has 1 saturated heterocycles. The molecule has 1 fully saturated rings. The number of nitrogens with zero attached hydrogens (tertiary/aromatic N) is 4. The van der Waals surface area contributed by atoms with Crippen LogP contribution in [0.25, 0.3) is 10.9 Å². The fourth-order valence-electron chi connectivity index (χ4n) is 4.62. The molecular weight excluding hydrogens is 484 g/mol. The van der Waals surface area contributed by atoms with Crippen LogP contribution in [0.5, 0.6) is 0 Å². The van der Waals surface area contributed by atoms with Crippen LogP contribution in [0.4, 0.5) is 5.95 Å². The lowest BCUT2D eigenvalue weighted by Crippen LogP contribution is -2.46. The van der Waals surface area contributed by atoms with Crippen molar-refractivity contribution in [3.05, 3.63) is 64.8 Å². The highest BCUT2D eigenvalue weighted by Gasteiger charge is 2.27. The number of carbonyl (C=O) groups is 3. The molecule has 2 amide bonds. The quantitative estimate of drug-likeness (QED) is 0.452. The van der Waals surface area contributed by atoms with Crippen LogP contribution in [-0.4, -0.2) is 68.8 Å². The van der Waals surface area contributed by atoms with E-state index in [2.05, 4.69) is 15.3 Å². The van der Waals surface area contributed by atoms with E-state index >= 15 is 0 Å². The molecule has 3 aromatic rings. The van der Waals surface area contributed by atoms with Crippen LogP contribution in [0.3, 0.4) is 0 Å². The van der Waals surface area contributed by atoms with E-state index in [-0.39, 0.29) is 29.9 Å². The second-order valence-corrected chi connectivity index (χ2v) is 9.52. The van der Waals surface area contributed by atoms with Gasteiger partial charge in [0.1, 0.15) is 5.69 Å². The lowest BCUT2D eigenvalue weighted by atomic mass is 10.1. The molecule has 38 heavy (non-hydrogen) atoms. The van der Waals surface area contributed by atoms with Gasteiger partial charge in [-0.1, -0.05) is 43.7 Å². The number of unbranched alkanes of at least 4 members (excludes halogenated alkanes) is 1. The first-order valence-electron chi connectivity index (χ1n) is 13.0. The van der Waals surface area contributed by atoms with Crippen molar-refractivity contribution in [2.75, 3.05) is 31.9 Å². The van der Waals surface area contributed by atoms with Gasteiger partial charge in [-0.25, -0.2) is 9.97 Å². The second kappa shape index (κ2) is 12.5. The summed E-state index contributed by atoms with van der Waals surface area (Å²) < 4.78 is 0. The molecule has 2 aromatic carbocycles. The Bertz CT molecular complexity index is 1300. The summed E-state index contributed by atoms with van der Waals surface area (Å²) in [6, 6.07) is 13.6. The van der Waals surface area contributed by atoms with Crippen molar-refractivity contribution in [1.82, 2.24) is 25.1 Å². The number of nitrogens with two attached hydrogens (primary N) is 1. The molecule has 200 valence electrons. The van der Waals surface area contributed by atoms with Gasteiger partial charge in [-0.3, -0.25) is 14.4 Å². The van der Waals surface area contributed by atoms with E-state index in [0.29, 0.717) is 43.5 Å². The topological polar surface area (TPSA) is 142 Å². The fraction of sp³-hybridized carbons (Fsp3) is 0.393. The van der Waals surface area contributed by atoms with Gasteiger partial charge in [0.2, 0.25) is 11.9 Å². The van der Waals surface area contributed by atoms with Crippen LogP contribution < -0.4 is 11.1 Å². The third-order valence-corrected chi connectivity index (χ3v) is 6.68. The van der Waals surface area contributed by atoms with Crippen LogP contribution in [0.15, 0.2) is 42.5 Å². The van der Waals surface area contributed by atoms with E-state index in [4.69, 9.17) is 10.8 Å². The third-order valence-electron chi connectivity index (χ3n) is 6.68. The number of carboxylic acid groups (broad SMARTS) is 1. The zero-order chi connectivity index (χ0) is 27.1. The van der Waals surface area contributed by atoms with Gasteiger partial charge in [0, 0.05) is 51.1 Å². The molecule has 2 aliphatic rings. The van der Waals surface area contributed by atoms with Crippen molar-refractivity contribution >= 4 is 34.6 Å². The Labute approximate surface area is 221 Å². The number of nitrogens with one attached hydrogen (secondary N) is 1. The zero-order valence-corrected chi connectivity index (χ0v) is 21.7. The van der Waals surface area contributed by atoms with E-state index in [1.807, 2.05) is 54.3 Å². The van der Waals surface area contributed by atoms with E-state index in [1.165, 1.54) is 0 Å². The second-order valence-electron chi connectivity index (χ2n) is 9.52. The molecule has 0 bridgehead atoms. The standard InChI is InChI=1S/C23H24N6O2.C5H10O2/c24-23-26-19-6-5-15(12-20(30)28-9-7-25-8-10-28)11-18(19)21(27-23)22(31)29-13-16-3-1-2-4-17(16)14-29;1-2-3-4-5(6)7/h1-6,11,25H,7-10,12-14H2,(H2,24,26,27);2-4H2,1H3,(H,6,7). The molecule has 0 atom stereocenters. The summed E-state index contributed by atoms with van der Waals surface area (Å²) in [6.07, 6.45) is 2.36. The summed E-state index contributed by atoms with van der Waals surface area (Å²) in [7, 11) is 0. The molecule has 0 unspecified atom stereocenters. The number of hydrogen-bond donors (Lipinski definition) is 3. The number of piperazine rings is 1. The van der Waals surface area contributed by atoms with Gasteiger partial charge in [-0.2, -0.15) is 0 Å². The highest BCUT2D eigenvalue weighted by molar-refractivity contribution is 6.05. The van der Waals surface area contributed by atoms with E-state index in [1.54, 1.807) is 4.90 Å². The summed E-state index contributed by atoms with van der Waals surface area (Å²) in [5, 5.41) is 11.9. The third kappa shape index (κ3) is 6.63. The van der Waals surface area contributed by atoms with E-state index in [9.17, 15) is 14.4 Å². The van der Waals surface area contributed by atoms with Crippen LogP contribution >= 0.6 is 0 Å². The summed E-state index contributed by atoms with van der Waals surface area (Å²) >= 11 is 0. The highest BCUT2D eigenvalue weighted by atomic mass is 16.4. The fourth-order valence-corrected chi connectivity index (χ4v) is 4.62. The number of fused-ring (bicyclic) bond motifs is 2. The van der Waals surface area contributed by atoms with Crippen molar-refractivity contribution in [2.45, 2.75) is 45.7 Å². The SMILES string of the molecule is CCCCC(=O)O.Nc1nc(C(=O)N2Cc3ccccc3C2)c2cc(CC(=O)N3CCNCC3)ccc2n1. The van der Waals surface area contributed by atoms with E-state index < -0.39 is 5.97 Å². The number of anilines is 1. The molecule has 0 radical (unpaired) electrons. The molecule has 10 heteroatoms. The average molecular weight is 519 g/mol. The van der Waals surface area contributed by atoms with Gasteiger partial charge in [-0.05, 0) is 35.2 Å². The maximum Gasteiger partial charge on any atom is 0.303 e. The summed E-state index contributed by atoms with van der Waals surface area (Å²) in [5.74, 6) is -0.722. The molecule has 1 aromatic heterocycles. The maximum absolute atomic E-state index is 13.4. The number of aliphatic carboxylic acids is 1. The number of aromatic nitrogens is 2. The van der Waals surface area contributed by atoms with Crippen LogP contribution in [0.2, 0.25) is 0 Å². The monoisotopic (exact) mass is 518 g/mol. The lowest BCUT2D eigenvalue weighted by Gasteiger charge is -2.27. The van der Waals surface area contributed by atoms with Crippen molar-refractivity contribution in [1.29, 1.82) is 0 Å². The Balaban J connectivity index is 0.000000426. The maximum atomic E-state index is 13.4. The predicted molar refractivity (Wildman–Crippen MR) is 144 cm³/mol. The minimum atomic E-state index is -0.693. The van der Waals surface area contributed by atoms with Crippen molar-refractivity contribution in [3.63, 3.8) is 0 Å². The number of rotatable bonds is 6. The first-order valence-corrected chi connectivity index (χ1v) is 13.0. The molecule has 0 saturated carbocycles. The van der Waals surface area contributed by atoms with Gasteiger partial charge in [0.15, 0.2) is 0 Å². The van der Waals surface area contributed by atoms with Crippen molar-refractivity contribution in [3.8, 4) is 0 Å². The summed E-state index contributed by atoms with van der Waals surface area (Å²) in [4.78, 5) is 48.0. The first-order chi connectivity index (χ1) is 18.4.